The van der Waals surface area contributed by atoms with E-state index in [1.54, 1.807) is 0 Å². The number of methoxy groups -OCH3 is 1. The van der Waals surface area contributed by atoms with Crippen LogP contribution in [0.3, 0.4) is 0 Å². The number of aldehydes is 1. The van der Waals surface area contributed by atoms with Crippen LogP contribution in [0.4, 0.5) is 13.2 Å². The number of hydrogen-bond acceptors (Lipinski definition) is 2. The zero-order valence-corrected chi connectivity index (χ0v) is 7.47. The lowest BCUT2D eigenvalue weighted by Gasteiger charge is -2.23. The van der Waals surface area contributed by atoms with Crippen molar-refractivity contribution in [2.24, 2.45) is 0 Å². The van der Waals surface area contributed by atoms with Crippen molar-refractivity contribution in [2.45, 2.75) is 18.7 Å². The summed E-state index contributed by atoms with van der Waals surface area (Å²) >= 11 is 0. The molecule has 0 heterocycles. The third kappa shape index (κ3) is 2.23. The van der Waals surface area contributed by atoms with Crippen molar-refractivity contribution in [3.8, 4) is 0 Å². The molecule has 0 N–H and O–H groups in total. The fourth-order valence-corrected chi connectivity index (χ4v) is 1.27. The van der Waals surface area contributed by atoms with Crippen LogP contribution in [-0.2, 0) is 9.53 Å². The molecule has 1 atom stereocenters. The predicted molar refractivity (Wildman–Crippen MR) is 43.7 cm³/mol. The minimum Gasteiger partial charge on any atom is -0.376 e. The molecule has 0 aromatic heterocycles. The lowest BCUT2D eigenvalue weighted by Crippen LogP contribution is -2.27. The molecule has 0 bridgehead atoms. The quantitative estimate of drug-likeness (QED) is 0.646. The summed E-state index contributed by atoms with van der Waals surface area (Å²) in [6, 6.07) is 0. The van der Waals surface area contributed by atoms with Crippen molar-refractivity contribution < 1.29 is 22.7 Å². The van der Waals surface area contributed by atoms with Gasteiger partial charge >= 0.3 is 6.18 Å². The average molecular weight is 206 g/mol. The number of halogens is 3. The molecule has 0 radical (unpaired) electrons. The van der Waals surface area contributed by atoms with Crippen LogP contribution >= 0.6 is 0 Å². The smallest absolute Gasteiger partial charge is 0.376 e. The van der Waals surface area contributed by atoms with E-state index in [9.17, 15) is 18.0 Å². The molecule has 0 saturated carbocycles. The summed E-state index contributed by atoms with van der Waals surface area (Å²) in [4.78, 5) is 10.3. The SMILES string of the molecule is COC1CC=C(C=O)C=C1C(F)(F)F. The second kappa shape index (κ2) is 3.96. The topological polar surface area (TPSA) is 26.3 Å². The number of hydrogen-bond donors (Lipinski definition) is 0. The largest absolute Gasteiger partial charge is 0.415 e. The number of rotatable bonds is 2. The molecule has 5 heteroatoms. The minimum atomic E-state index is -4.44. The van der Waals surface area contributed by atoms with Gasteiger partial charge in [-0.25, -0.2) is 0 Å². The molecular formula is C9H9F3O2. The van der Waals surface area contributed by atoms with Crippen LogP contribution in [0.1, 0.15) is 6.42 Å². The Balaban J connectivity index is 3.00. The minimum absolute atomic E-state index is 0.0469. The van der Waals surface area contributed by atoms with Crippen molar-refractivity contribution in [2.75, 3.05) is 7.11 Å². The van der Waals surface area contributed by atoms with Crippen molar-refractivity contribution in [3.05, 3.63) is 23.3 Å². The molecule has 0 saturated heterocycles. The summed E-state index contributed by atoms with van der Waals surface area (Å²) in [5, 5.41) is 0. The van der Waals surface area contributed by atoms with Gasteiger partial charge < -0.3 is 4.74 Å². The van der Waals surface area contributed by atoms with Crippen LogP contribution in [0.25, 0.3) is 0 Å². The standard InChI is InChI=1S/C9H9F3O2/c1-14-8-3-2-6(5-13)4-7(8)9(10,11)12/h2,4-5,8H,3H2,1H3. The van der Waals surface area contributed by atoms with Crippen molar-refractivity contribution in [1.29, 1.82) is 0 Å². The molecule has 78 valence electrons. The maximum Gasteiger partial charge on any atom is 0.415 e. The molecule has 0 aromatic carbocycles. The molecule has 1 unspecified atom stereocenters. The van der Waals surface area contributed by atoms with E-state index in [2.05, 4.69) is 4.74 Å². The van der Waals surface area contributed by atoms with E-state index in [0.29, 0.717) is 6.29 Å². The van der Waals surface area contributed by atoms with E-state index in [1.165, 1.54) is 13.2 Å². The summed E-state index contributed by atoms with van der Waals surface area (Å²) in [6.07, 6.45) is -2.71. The molecule has 2 nitrogen and oxygen atoms in total. The monoisotopic (exact) mass is 206 g/mol. The highest BCUT2D eigenvalue weighted by atomic mass is 19.4. The van der Waals surface area contributed by atoms with Gasteiger partial charge in [0.2, 0.25) is 0 Å². The van der Waals surface area contributed by atoms with E-state index in [1.807, 2.05) is 0 Å². The zero-order chi connectivity index (χ0) is 10.8. The van der Waals surface area contributed by atoms with E-state index < -0.39 is 17.9 Å². The second-order valence-electron chi connectivity index (χ2n) is 2.88. The maximum absolute atomic E-state index is 12.4. The predicted octanol–water partition coefficient (Wildman–Crippen LogP) is 2.02. The van der Waals surface area contributed by atoms with Crippen molar-refractivity contribution in [1.82, 2.24) is 0 Å². The van der Waals surface area contributed by atoms with Gasteiger partial charge in [0.05, 0.1) is 11.7 Å². The Hall–Kier alpha value is -1.10. The van der Waals surface area contributed by atoms with Crippen LogP contribution < -0.4 is 0 Å². The third-order valence-electron chi connectivity index (χ3n) is 1.98. The first-order valence-electron chi connectivity index (χ1n) is 3.96. The van der Waals surface area contributed by atoms with Crippen LogP contribution in [0, 0.1) is 0 Å². The Labute approximate surface area is 79.0 Å². The Bertz CT molecular complexity index is 289. The van der Waals surface area contributed by atoms with Crippen LogP contribution in [-0.4, -0.2) is 25.7 Å². The fourth-order valence-electron chi connectivity index (χ4n) is 1.27. The number of allylic oxidation sites excluding steroid dienone is 2. The lowest BCUT2D eigenvalue weighted by atomic mass is 9.97. The number of carbonyl (C=O) groups excluding carboxylic acids is 1. The van der Waals surface area contributed by atoms with E-state index in [-0.39, 0.29) is 12.0 Å². The molecular weight excluding hydrogens is 197 g/mol. The first-order valence-corrected chi connectivity index (χ1v) is 3.96. The molecule has 0 spiro atoms. The van der Waals surface area contributed by atoms with Crippen molar-refractivity contribution >= 4 is 6.29 Å². The van der Waals surface area contributed by atoms with Gasteiger partial charge in [0.25, 0.3) is 0 Å². The molecule has 0 aliphatic heterocycles. The highest BCUT2D eigenvalue weighted by molar-refractivity contribution is 5.78. The summed E-state index contributed by atoms with van der Waals surface area (Å²) in [6.45, 7) is 0. The number of alkyl halides is 3. The molecule has 1 aliphatic carbocycles. The third-order valence-corrected chi connectivity index (χ3v) is 1.98. The zero-order valence-electron chi connectivity index (χ0n) is 7.47. The second-order valence-corrected chi connectivity index (χ2v) is 2.88. The van der Waals surface area contributed by atoms with Crippen LogP contribution in [0.2, 0.25) is 0 Å². The lowest BCUT2D eigenvalue weighted by molar-refractivity contribution is -0.109. The Kier molecular flexibility index (Phi) is 3.10. The maximum atomic E-state index is 12.4. The Morgan fingerprint density at radius 1 is 1.57 bits per heavy atom. The van der Waals surface area contributed by atoms with Gasteiger partial charge in [-0.1, -0.05) is 6.08 Å². The molecule has 0 aromatic rings. The normalized spacial score (nSPS) is 22.7. The molecule has 0 fully saturated rings. The van der Waals surface area contributed by atoms with Crippen LogP contribution in [0.5, 0.6) is 0 Å². The number of ether oxygens (including phenoxy) is 1. The summed E-state index contributed by atoms with van der Waals surface area (Å²) in [5.74, 6) is 0. The van der Waals surface area contributed by atoms with Gasteiger partial charge in [-0.3, -0.25) is 4.79 Å². The fraction of sp³-hybridized carbons (Fsp3) is 0.444. The number of carbonyl (C=O) groups is 1. The summed E-state index contributed by atoms with van der Waals surface area (Å²) < 4.78 is 41.9. The highest BCUT2D eigenvalue weighted by Crippen LogP contribution is 2.34. The Morgan fingerprint density at radius 3 is 2.64 bits per heavy atom. The molecule has 0 amide bonds. The van der Waals surface area contributed by atoms with Crippen LogP contribution in [0.15, 0.2) is 23.3 Å². The van der Waals surface area contributed by atoms with Gasteiger partial charge in [0.15, 0.2) is 0 Å². The summed E-state index contributed by atoms with van der Waals surface area (Å²) in [7, 11) is 1.21. The highest BCUT2D eigenvalue weighted by Gasteiger charge is 2.39. The molecule has 1 aliphatic rings. The van der Waals surface area contributed by atoms with Crippen molar-refractivity contribution in [3.63, 3.8) is 0 Å². The van der Waals surface area contributed by atoms with Gasteiger partial charge in [0, 0.05) is 12.7 Å². The summed E-state index contributed by atoms with van der Waals surface area (Å²) in [5.41, 5.74) is -0.754. The van der Waals surface area contributed by atoms with Gasteiger partial charge in [-0.15, -0.1) is 0 Å². The first kappa shape index (κ1) is 11.0. The van der Waals surface area contributed by atoms with E-state index in [4.69, 9.17) is 0 Å². The Morgan fingerprint density at radius 2 is 2.21 bits per heavy atom. The average Bonchev–Trinajstić information content (AvgIpc) is 2.15. The van der Waals surface area contributed by atoms with Gasteiger partial charge in [-0.2, -0.15) is 13.2 Å². The van der Waals surface area contributed by atoms with Gasteiger partial charge in [0.1, 0.15) is 6.29 Å². The van der Waals surface area contributed by atoms with E-state index >= 15 is 0 Å². The van der Waals surface area contributed by atoms with E-state index in [0.717, 1.165) is 6.08 Å². The molecule has 1 rings (SSSR count). The van der Waals surface area contributed by atoms with Gasteiger partial charge in [-0.05, 0) is 12.5 Å². The molecule has 14 heavy (non-hydrogen) atoms. The first-order chi connectivity index (χ1) is 6.49.